The molecular weight excluding hydrogens is 236 g/mol. The quantitative estimate of drug-likeness (QED) is 0.857. The van der Waals surface area contributed by atoms with Gasteiger partial charge < -0.3 is 14.8 Å². The van der Waals surface area contributed by atoms with Crippen LogP contribution >= 0.6 is 0 Å². The first kappa shape index (κ1) is 14.4. The number of unbranched alkanes of at least 4 members (excludes halogenated alkanes) is 1. The molecule has 2 heterocycles. The molecule has 0 bridgehead atoms. The first-order valence-corrected chi connectivity index (χ1v) is 7.68. The van der Waals surface area contributed by atoms with E-state index in [1.807, 2.05) is 0 Å². The Hall–Kier alpha value is -1.03. The molecule has 1 N–H and O–H groups in total. The van der Waals surface area contributed by atoms with Crippen LogP contribution in [0.2, 0.25) is 0 Å². The Balaban J connectivity index is 1.90. The summed E-state index contributed by atoms with van der Waals surface area (Å²) in [6.07, 6.45) is 8.60. The fourth-order valence-corrected chi connectivity index (χ4v) is 2.80. The van der Waals surface area contributed by atoms with Gasteiger partial charge in [-0.3, -0.25) is 0 Å². The Labute approximate surface area is 117 Å². The number of nitrogens with zero attached hydrogens (tertiary/aromatic N) is 3. The lowest BCUT2D eigenvalue weighted by atomic mass is 10.0. The second-order valence-electron chi connectivity index (χ2n) is 5.76. The molecule has 1 aromatic rings. The molecule has 2 rings (SSSR count). The Morgan fingerprint density at radius 2 is 2.26 bits per heavy atom. The lowest BCUT2D eigenvalue weighted by molar-refractivity contribution is 0.194. The molecule has 0 aromatic carbocycles. The van der Waals surface area contributed by atoms with Crippen molar-refractivity contribution in [2.24, 2.45) is 0 Å². The smallest absolute Gasteiger partial charge is 0.203 e. The minimum atomic E-state index is 0.658. The molecule has 0 spiro atoms. The van der Waals surface area contributed by atoms with E-state index in [-0.39, 0.29) is 0 Å². The lowest BCUT2D eigenvalue weighted by Crippen LogP contribution is -2.41. The molecule has 4 heteroatoms. The van der Waals surface area contributed by atoms with Crippen LogP contribution in [0.4, 0.5) is 5.95 Å². The van der Waals surface area contributed by atoms with Gasteiger partial charge in [0.25, 0.3) is 0 Å². The van der Waals surface area contributed by atoms with E-state index in [1.165, 1.54) is 38.6 Å². The average molecular weight is 264 g/mol. The number of anilines is 1. The number of piperidine rings is 1. The Kier molecular flexibility index (Phi) is 5.25. The van der Waals surface area contributed by atoms with Crippen molar-refractivity contribution >= 4 is 5.95 Å². The third-order valence-corrected chi connectivity index (χ3v) is 4.07. The average Bonchev–Trinajstić information content (AvgIpc) is 2.76. The summed E-state index contributed by atoms with van der Waals surface area (Å²) in [5, 5.41) is 3.55. The molecular formula is C15H28N4. The van der Waals surface area contributed by atoms with Gasteiger partial charge in [0.15, 0.2) is 0 Å². The molecule has 108 valence electrons. The van der Waals surface area contributed by atoms with Crippen molar-refractivity contribution in [1.29, 1.82) is 0 Å². The summed E-state index contributed by atoms with van der Waals surface area (Å²) in [4.78, 5) is 7.08. The number of imidazole rings is 1. The summed E-state index contributed by atoms with van der Waals surface area (Å²) in [6.45, 7) is 7.61. The highest BCUT2D eigenvalue weighted by atomic mass is 15.2. The highest BCUT2D eigenvalue weighted by Gasteiger charge is 2.19. The summed E-state index contributed by atoms with van der Waals surface area (Å²) in [5.74, 6) is 1.05. The van der Waals surface area contributed by atoms with Crippen molar-refractivity contribution in [1.82, 2.24) is 14.5 Å². The Bertz CT molecular complexity index is 385. The summed E-state index contributed by atoms with van der Waals surface area (Å²) < 4.78 is 2.27. The second-order valence-corrected chi connectivity index (χ2v) is 5.76. The van der Waals surface area contributed by atoms with Gasteiger partial charge in [0, 0.05) is 25.3 Å². The molecule has 1 unspecified atom stereocenters. The molecule has 1 atom stereocenters. The summed E-state index contributed by atoms with van der Waals surface area (Å²) >= 11 is 0. The molecule has 4 nitrogen and oxygen atoms in total. The fourth-order valence-electron chi connectivity index (χ4n) is 2.80. The minimum absolute atomic E-state index is 0.658. The fraction of sp³-hybridized carbons (Fsp3) is 0.800. The van der Waals surface area contributed by atoms with Gasteiger partial charge in [-0.05, 0) is 39.8 Å². The highest BCUT2D eigenvalue weighted by Crippen LogP contribution is 2.16. The van der Waals surface area contributed by atoms with Gasteiger partial charge in [-0.15, -0.1) is 0 Å². The molecule has 0 saturated carbocycles. The molecule has 1 saturated heterocycles. The number of rotatable bonds is 6. The predicted octanol–water partition coefficient (Wildman–Crippen LogP) is 2.89. The van der Waals surface area contributed by atoms with Crippen molar-refractivity contribution in [3.05, 3.63) is 11.9 Å². The number of aromatic nitrogens is 2. The van der Waals surface area contributed by atoms with Gasteiger partial charge in [-0.2, -0.15) is 0 Å². The normalized spacial score (nSPS) is 20.7. The van der Waals surface area contributed by atoms with Crippen LogP contribution in [0.25, 0.3) is 0 Å². The zero-order valence-electron chi connectivity index (χ0n) is 12.7. The van der Waals surface area contributed by atoms with E-state index in [9.17, 15) is 0 Å². The standard InChI is InChI=1S/C15H28N4/c1-4-5-10-19-12-13(2)17-15(19)16-11-14-8-6-7-9-18(14)3/h12,14H,4-11H2,1-3H3,(H,16,17). The summed E-state index contributed by atoms with van der Waals surface area (Å²) in [7, 11) is 2.24. The van der Waals surface area contributed by atoms with E-state index in [4.69, 9.17) is 0 Å². The van der Waals surface area contributed by atoms with Gasteiger partial charge in [-0.1, -0.05) is 19.8 Å². The topological polar surface area (TPSA) is 33.1 Å². The van der Waals surface area contributed by atoms with E-state index in [0.29, 0.717) is 6.04 Å². The monoisotopic (exact) mass is 264 g/mol. The van der Waals surface area contributed by atoms with Crippen LogP contribution in [0.1, 0.15) is 44.7 Å². The van der Waals surface area contributed by atoms with E-state index in [2.05, 4.69) is 46.9 Å². The number of hydrogen-bond acceptors (Lipinski definition) is 3. The van der Waals surface area contributed by atoms with Crippen molar-refractivity contribution in [3.8, 4) is 0 Å². The van der Waals surface area contributed by atoms with Gasteiger partial charge in [0.1, 0.15) is 0 Å². The van der Waals surface area contributed by atoms with Crippen molar-refractivity contribution in [2.45, 2.75) is 58.5 Å². The van der Waals surface area contributed by atoms with Crippen LogP contribution in [0.3, 0.4) is 0 Å². The van der Waals surface area contributed by atoms with Crippen molar-refractivity contribution in [2.75, 3.05) is 25.5 Å². The van der Waals surface area contributed by atoms with E-state index in [0.717, 1.165) is 24.7 Å². The van der Waals surface area contributed by atoms with Crippen molar-refractivity contribution in [3.63, 3.8) is 0 Å². The first-order valence-electron chi connectivity index (χ1n) is 7.68. The van der Waals surface area contributed by atoms with Crippen LogP contribution in [-0.4, -0.2) is 40.6 Å². The largest absolute Gasteiger partial charge is 0.354 e. The highest BCUT2D eigenvalue weighted by molar-refractivity contribution is 5.29. The maximum absolute atomic E-state index is 4.61. The number of likely N-dealkylation sites (tertiary alicyclic amines) is 1. The summed E-state index contributed by atoms with van der Waals surface area (Å²) in [5.41, 5.74) is 1.11. The van der Waals surface area contributed by atoms with Gasteiger partial charge in [0.05, 0.1) is 5.69 Å². The third-order valence-electron chi connectivity index (χ3n) is 4.07. The Morgan fingerprint density at radius 3 is 3.00 bits per heavy atom. The molecule has 1 fully saturated rings. The van der Waals surface area contributed by atoms with Gasteiger partial charge in [-0.25, -0.2) is 4.98 Å². The maximum atomic E-state index is 4.61. The molecule has 0 amide bonds. The van der Waals surface area contributed by atoms with E-state index < -0.39 is 0 Å². The van der Waals surface area contributed by atoms with Crippen LogP contribution < -0.4 is 5.32 Å². The van der Waals surface area contributed by atoms with Gasteiger partial charge >= 0.3 is 0 Å². The third kappa shape index (κ3) is 3.96. The predicted molar refractivity (Wildman–Crippen MR) is 80.6 cm³/mol. The van der Waals surface area contributed by atoms with Crippen LogP contribution in [0.5, 0.6) is 0 Å². The molecule has 0 radical (unpaired) electrons. The van der Waals surface area contributed by atoms with E-state index in [1.54, 1.807) is 0 Å². The second kappa shape index (κ2) is 6.94. The van der Waals surface area contributed by atoms with Crippen LogP contribution in [0, 0.1) is 6.92 Å². The molecule has 19 heavy (non-hydrogen) atoms. The van der Waals surface area contributed by atoms with Crippen LogP contribution in [0.15, 0.2) is 6.20 Å². The van der Waals surface area contributed by atoms with Crippen molar-refractivity contribution < 1.29 is 0 Å². The zero-order chi connectivity index (χ0) is 13.7. The molecule has 1 aliphatic heterocycles. The van der Waals surface area contributed by atoms with Gasteiger partial charge in [0.2, 0.25) is 5.95 Å². The minimum Gasteiger partial charge on any atom is -0.354 e. The van der Waals surface area contributed by atoms with E-state index >= 15 is 0 Å². The Morgan fingerprint density at radius 1 is 1.42 bits per heavy atom. The first-order chi connectivity index (χ1) is 9.20. The molecule has 0 aliphatic carbocycles. The molecule has 1 aliphatic rings. The maximum Gasteiger partial charge on any atom is 0.203 e. The lowest BCUT2D eigenvalue weighted by Gasteiger charge is -2.32. The zero-order valence-corrected chi connectivity index (χ0v) is 12.7. The SMILES string of the molecule is CCCCn1cc(C)nc1NCC1CCCCN1C. The number of hydrogen-bond donors (Lipinski definition) is 1. The van der Waals surface area contributed by atoms with Crippen LogP contribution in [-0.2, 0) is 6.54 Å². The molecule has 1 aromatic heterocycles. The number of aryl methyl sites for hydroxylation is 2. The summed E-state index contributed by atoms with van der Waals surface area (Å²) in [6, 6.07) is 0.658. The number of likely N-dealkylation sites (N-methyl/N-ethyl adjacent to an activating group) is 1. The number of nitrogens with one attached hydrogen (secondary N) is 1.